The van der Waals surface area contributed by atoms with Crippen molar-refractivity contribution in [3.63, 3.8) is 0 Å². The molecule has 136 valence electrons. The lowest BCUT2D eigenvalue weighted by atomic mass is 10.0. The van der Waals surface area contributed by atoms with Crippen LogP contribution in [0.4, 0.5) is 0 Å². The Hall–Kier alpha value is -1.67. The Labute approximate surface area is 153 Å². The van der Waals surface area contributed by atoms with Crippen LogP contribution in [0.1, 0.15) is 82.6 Å². The molecule has 0 amide bonds. The number of unbranched alkanes of at least 4 members (excludes halogenated alkanes) is 6. The quantitative estimate of drug-likeness (QED) is 0.475. The zero-order valence-electron chi connectivity index (χ0n) is 15.9. The lowest BCUT2D eigenvalue weighted by Crippen LogP contribution is -1.95. The van der Waals surface area contributed by atoms with E-state index >= 15 is 0 Å². The molecular formula is C23H33NO. The third kappa shape index (κ3) is 6.62. The number of benzene rings is 1. The van der Waals surface area contributed by atoms with Gasteiger partial charge in [0.25, 0.3) is 0 Å². The standard InChI is InChI=1S/C23H33NO/c1-3-5-6-7-8-9-10-11-22-17-16-21(18-24-22)19-12-14-20(15-13-19)23(25)4-2/h12-18,23,25H,3-11H2,1-2H3. The van der Waals surface area contributed by atoms with E-state index in [9.17, 15) is 5.11 Å². The molecule has 1 heterocycles. The van der Waals surface area contributed by atoms with Crippen LogP contribution in [-0.2, 0) is 6.42 Å². The molecule has 2 nitrogen and oxygen atoms in total. The highest BCUT2D eigenvalue weighted by Gasteiger charge is 2.05. The molecule has 0 aliphatic heterocycles. The van der Waals surface area contributed by atoms with Gasteiger partial charge < -0.3 is 5.11 Å². The molecule has 0 saturated heterocycles. The lowest BCUT2D eigenvalue weighted by Gasteiger charge is -2.09. The Morgan fingerprint density at radius 1 is 0.800 bits per heavy atom. The van der Waals surface area contributed by atoms with Gasteiger partial charge in [-0.15, -0.1) is 0 Å². The molecule has 0 saturated carbocycles. The second-order valence-corrected chi connectivity index (χ2v) is 6.96. The number of aliphatic hydroxyl groups is 1. The highest BCUT2D eigenvalue weighted by Crippen LogP contribution is 2.23. The maximum absolute atomic E-state index is 9.88. The summed E-state index contributed by atoms with van der Waals surface area (Å²) in [6.45, 7) is 4.25. The fraction of sp³-hybridized carbons (Fsp3) is 0.522. The lowest BCUT2D eigenvalue weighted by molar-refractivity contribution is 0.173. The van der Waals surface area contributed by atoms with Crippen LogP contribution in [0.25, 0.3) is 11.1 Å². The minimum atomic E-state index is -0.364. The van der Waals surface area contributed by atoms with Gasteiger partial charge >= 0.3 is 0 Å². The summed E-state index contributed by atoms with van der Waals surface area (Å²) in [5.74, 6) is 0. The van der Waals surface area contributed by atoms with Crippen LogP contribution in [0.15, 0.2) is 42.6 Å². The topological polar surface area (TPSA) is 33.1 Å². The third-order valence-corrected chi connectivity index (χ3v) is 4.88. The first-order chi connectivity index (χ1) is 12.2. The highest BCUT2D eigenvalue weighted by molar-refractivity contribution is 5.62. The number of nitrogens with zero attached hydrogens (tertiary/aromatic N) is 1. The number of hydrogen-bond acceptors (Lipinski definition) is 2. The number of hydrogen-bond donors (Lipinski definition) is 1. The molecule has 0 radical (unpaired) electrons. The van der Waals surface area contributed by atoms with Gasteiger partial charge in [0, 0.05) is 17.5 Å². The Balaban J connectivity index is 1.79. The first kappa shape index (κ1) is 19.7. The Bertz CT molecular complexity index is 588. The Morgan fingerprint density at radius 2 is 1.44 bits per heavy atom. The normalized spacial score (nSPS) is 12.3. The van der Waals surface area contributed by atoms with Gasteiger partial charge in [-0.05, 0) is 36.5 Å². The second-order valence-electron chi connectivity index (χ2n) is 6.96. The molecule has 25 heavy (non-hydrogen) atoms. The van der Waals surface area contributed by atoms with E-state index < -0.39 is 0 Å². The highest BCUT2D eigenvalue weighted by atomic mass is 16.3. The minimum absolute atomic E-state index is 0.364. The van der Waals surface area contributed by atoms with E-state index in [2.05, 4.69) is 36.2 Å². The summed E-state index contributed by atoms with van der Waals surface area (Å²) in [4.78, 5) is 4.63. The van der Waals surface area contributed by atoms with E-state index in [1.807, 2.05) is 25.3 Å². The molecule has 0 fully saturated rings. The van der Waals surface area contributed by atoms with Crippen molar-refractivity contribution in [1.29, 1.82) is 0 Å². The Morgan fingerprint density at radius 3 is 2.04 bits per heavy atom. The van der Waals surface area contributed by atoms with Crippen LogP contribution in [0.5, 0.6) is 0 Å². The molecule has 1 aromatic carbocycles. The number of aryl methyl sites for hydroxylation is 1. The van der Waals surface area contributed by atoms with Crippen molar-refractivity contribution in [1.82, 2.24) is 4.98 Å². The molecule has 1 aromatic heterocycles. The van der Waals surface area contributed by atoms with Crippen molar-refractivity contribution < 1.29 is 5.11 Å². The fourth-order valence-electron chi connectivity index (χ4n) is 3.14. The van der Waals surface area contributed by atoms with Gasteiger partial charge in [0.2, 0.25) is 0 Å². The van der Waals surface area contributed by atoms with Gasteiger partial charge in [-0.25, -0.2) is 0 Å². The maximum Gasteiger partial charge on any atom is 0.0787 e. The van der Waals surface area contributed by atoms with Crippen molar-refractivity contribution in [2.24, 2.45) is 0 Å². The van der Waals surface area contributed by atoms with Gasteiger partial charge in [0.05, 0.1) is 6.10 Å². The van der Waals surface area contributed by atoms with Crippen molar-refractivity contribution >= 4 is 0 Å². The van der Waals surface area contributed by atoms with Gasteiger partial charge in [0.1, 0.15) is 0 Å². The maximum atomic E-state index is 9.88. The smallest absolute Gasteiger partial charge is 0.0787 e. The van der Waals surface area contributed by atoms with Crippen LogP contribution >= 0.6 is 0 Å². The first-order valence-electron chi connectivity index (χ1n) is 9.98. The monoisotopic (exact) mass is 339 g/mol. The van der Waals surface area contributed by atoms with Crippen LogP contribution in [0.2, 0.25) is 0 Å². The number of rotatable bonds is 11. The van der Waals surface area contributed by atoms with Gasteiger partial charge in [-0.2, -0.15) is 0 Å². The summed E-state index contributed by atoms with van der Waals surface area (Å²) in [5, 5.41) is 9.88. The molecule has 1 N–H and O–H groups in total. The zero-order valence-corrected chi connectivity index (χ0v) is 15.9. The summed E-state index contributed by atoms with van der Waals surface area (Å²) in [5.41, 5.74) is 4.47. The van der Waals surface area contributed by atoms with Crippen LogP contribution in [-0.4, -0.2) is 10.1 Å². The van der Waals surface area contributed by atoms with E-state index in [1.165, 1.54) is 50.6 Å². The number of aromatic nitrogens is 1. The fourth-order valence-corrected chi connectivity index (χ4v) is 3.14. The molecule has 2 rings (SSSR count). The van der Waals surface area contributed by atoms with Gasteiger partial charge in [-0.3, -0.25) is 4.98 Å². The minimum Gasteiger partial charge on any atom is -0.388 e. The summed E-state index contributed by atoms with van der Waals surface area (Å²) >= 11 is 0. The second kappa shape index (κ2) is 11.0. The number of pyridine rings is 1. The van der Waals surface area contributed by atoms with E-state index in [4.69, 9.17) is 0 Å². The Kier molecular flexibility index (Phi) is 8.68. The van der Waals surface area contributed by atoms with Gasteiger partial charge in [0.15, 0.2) is 0 Å². The summed E-state index contributed by atoms with van der Waals surface area (Å²) in [6, 6.07) is 12.5. The molecule has 1 unspecified atom stereocenters. The van der Waals surface area contributed by atoms with Crippen molar-refractivity contribution in [3.8, 4) is 11.1 Å². The molecule has 1 atom stereocenters. The van der Waals surface area contributed by atoms with E-state index in [0.29, 0.717) is 0 Å². The third-order valence-electron chi connectivity index (χ3n) is 4.88. The molecule has 0 bridgehead atoms. The van der Waals surface area contributed by atoms with Crippen LogP contribution in [0.3, 0.4) is 0 Å². The van der Waals surface area contributed by atoms with E-state index in [0.717, 1.165) is 29.5 Å². The van der Waals surface area contributed by atoms with E-state index in [-0.39, 0.29) is 6.10 Å². The van der Waals surface area contributed by atoms with Crippen LogP contribution < -0.4 is 0 Å². The predicted molar refractivity (Wildman–Crippen MR) is 107 cm³/mol. The molecular weight excluding hydrogens is 306 g/mol. The van der Waals surface area contributed by atoms with Crippen LogP contribution in [0, 0.1) is 0 Å². The van der Waals surface area contributed by atoms with Gasteiger partial charge in [-0.1, -0.05) is 82.7 Å². The molecule has 0 spiro atoms. The molecule has 2 aromatic rings. The number of aliphatic hydroxyl groups excluding tert-OH is 1. The average Bonchev–Trinajstić information content (AvgIpc) is 2.67. The average molecular weight is 340 g/mol. The largest absolute Gasteiger partial charge is 0.388 e. The van der Waals surface area contributed by atoms with Crippen molar-refractivity contribution in [2.45, 2.75) is 77.7 Å². The predicted octanol–water partition coefficient (Wildman–Crippen LogP) is 6.49. The van der Waals surface area contributed by atoms with Crippen molar-refractivity contribution in [2.75, 3.05) is 0 Å². The van der Waals surface area contributed by atoms with Crippen molar-refractivity contribution in [3.05, 3.63) is 53.9 Å². The molecule has 0 aliphatic rings. The summed E-state index contributed by atoms with van der Waals surface area (Å²) < 4.78 is 0. The zero-order chi connectivity index (χ0) is 17.9. The SMILES string of the molecule is CCCCCCCCCc1ccc(-c2ccc(C(O)CC)cc2)cn1. The summed E-state index contributed by atoms with van der Waals surface area (Å²) in [6.07, 6.45) is 12.8. The van der Waals surface area contributed by atoms with E-state index in [1.54, 1.807) is 0 Å². The molecule has 2 heteroatoms. The molecule has 0 aliphatic carbocycles. The summed E-state index contributed by atoms with van der Waals surface area (Å²) in [7, 11) is 0. The first-order valence-corrected chi connectivity index (χ1v) is 9.98.